The smallest absolute Gasteiger partial charge is 0.343 e. The van der Waals surface area contributed by atoms with Crippen molar-refractivity contribution in [3.05, 3.63) is 114 Å². The van der Waals surface area contributed by atoms with Gasteiger partial charge in [-0.2, -0.15) is 5.10 Å². The zero-order chi connectivity index (χ0) is 22.3. The number of nitrogens with zero attached hydrogens (tertiary/aromatic N) is 1. The second-order valence-electron chi connectivity index (χ2n) is 7.08. The SMILES string of the molecule is O=C(Cc1cccc2ccccc12)N/N=C\c1cccc(OC(=O)c2cccc(F)c2)c1. The maximum atomic E-state index is 13.3. The number of hydrogen-bond donors (Lipinski definition) is 1. The summed E-state index contributed by atoms with van der Waals surface area (Å²) < 4.78 is 18.6. The zero-order valence-corrected chi connectivity index (χ0v) is 17.0. The third kappa shape index (κ3) is 5.23. The molecule has 0 saturated heterocycles. The van der Waals surface area contributed by atoms with Gasteiger partial charge < -0.3 is 4.74 Å². The monoisotopic (exact) mass is 426 g/mol. The number of halogens is 1. The molecule has 0 aliphatic carbocycles. The van der Waals surface area contributed by atoms with Crippen LogP contribution in [0, 0.1) is 5.82 Å². The number of carbonyl (C=O) groups excluding carboxylic acids is 2. The Morgan fingerprint density at radius 2 is 1.69 bits per heavy atom. The second-order valence-corrected chi connectivity index (χ2v) is 7.08. The number of amides is 1. The molecule has 4 aromatic carbocycles. The molecule has 0 aromatic heterocycles. The Bertz CT molecular complexity index is 1310. The van der Waals surface area contributed by atoms with Crippen molar-refractivity contribution in [3.63, 3.8) is 0 Å². The molecule has 0 aliphatic rings. The van der Waals surface area contributed by atoms with Crippen molar-refractivity contribution in [2.45, 2.75) is 6.42 Å². The van der Waals surface area contributed by atoms with E-state index in [1.165, 1.54) is 24.4 Å². The van der Waals surface area contributed by atoms with Gasteiger partial charge in [0.2, 0.25) is 5.91 Å². The minimum atomic E-state index is -0.665. The van der Waals surface area contributed by atoms with E-state index in [-0.39, 0.29) is 23.6 Å². The first-order valence-corrected chi connectivity index (χ1v) is 9.95. The topological polar surface area (TPSA) is 67.8 Å². The van der Waals surface area contributed by atoms with Crippen LogP contribution >= 0.6 is 0 Å². The number of carbonyl (C=O) groups is 2. The quantitative estimate of drug-likeness (QED) is 0.207. The molecule has 1 amide bonds. The average molecular weight is 426 g/mol. The van der Waals surface area contributed by atoms with Gasteiger partial charge in [-0.15, -0.1) is 0 Å². The summed E-state index contributed by atoms with van der Waals surface area (Å²) in [5.41, 5.74) is 4.18. The lowest BCUT2D eigenvalue weighted by Gasteiger charge is -2.06. The summed E-state index contributed by atoms with van der Waals surface area (Å²) in [5.74, 6) is -1.14. The number of esters is 1. The summed E-state index contributed by atoms with van der Waals surface area (Å²) >= 11 is 0. The minimum Gasteiger partial charge on any atom is -0.423 e. The molecule has 0 spiro atoms. The van der Waals surface area contributed by atoms with Crippen LogP contribution in [0.5, 0.6) is 5.75 Å². The van der Waals surface area contributed by atoms with Crippen molar-refractivity contribution in [1.29, 1.82) is 0 Å². The van der Waals surface area contributed by atoms with Crippen molar-refractivity contribution in [2.24, 2.45) is 5.10 Å². The van der Waals surface area contributed by atoms with E-state index >= 15 is 0 Å². The highest BCUT2D eigenvalue weighted by Gasteiger charge is 2.10. The number of hydrazone groups is 1. The van der Waals surface area contributed by atoms with E-state index in [0.29, 0.717) is 5.56 Å². The van der Waals surface area contributed by atoms with Crippen molar-refractivity contribution in [3.8, 4) is 5.75 Å². The fourth-order valence-corrected chi connectivity index (χ4v) is 3.28. The number of hydrogen-bond acceptors (Lipinski definition) is 4. The minimum absolute atomic E-state index is 0.116. The van der Waals surface area contributed by atoms with Gasteiger partial charge in [0.05, 0.1) is 18.2 Å². The Kier molecular flexibility index (Phi) is 6.32. The Morgan fingerprint density at radius 1 is 0.906 bits per heavy atom. The molecule has 4 rings (SSSR count). The fraction of sp³-hybridized carbons (Fsp3) is 0.0385. The van der Waals surface area contributed by atoms with Crippen LogP contribution < -0.4 is 10.2 Å². The fourth-order valence-electron chi connectivity index (χ4n) is 3.28. The largest absolute Gasteiger partial charge is 0.423 e. The molecule has 4 aromatic rings. The molecular weight excluding hydrogens is 407 g/mol. The van der Waals surface area contributed by atoms with E-state index in [4.69, 9.17) is 4.74 Å². The Balaban J connectivity index is 1.37. The first-order valence-electron chi connectivity index (χ1n) is 9.95. The molecule has 0 aliphatic heterocycles. The average Bonchev–Trinajstić information content (AvgIpc) is 2.79. The van der Waals surface area contributed by atoms with E-state index in [1.54, 1.807) is 24.3 Å². The van der Waals surface area contributed by atoms with Gasteiger partial charge in [-0.25, -0.2) is 14.6 Å². The number of ether oxygens (including phenoxy) is 1. The summed E-state index contributed by atoms with van der Waals surface area (Å²) in [5, 5.41) is 6.10. The normalized spacial score (nSPS) is 10.9. The Hall–Kier alpha value is -4.32. The van der Waals surface area contributed by atoms with Crippen molar-refractivity contribution >= 4 is 28.9 Å². The van der Waals surface area contributed by atoms with Gasteiger partial charge in [0.15, 0.2) is 0 Å². The standard InChI is InChI=1S/C26H19FN2O3/c27-22-11-5-10-21(15-22)26(31)32-23-12-3-6-18(14-23)17-28-29-25(30)16-20-9-4-8-19-7-1-2-13-24(19)20/h1-15,17H,16H2,(H,29,30)/b28-17-. The van der Waals surface area contributed by atoms with E-state index in [0.717, 1.165) is 22.4 Å². The molecule has 0 unspecified atom stereocenters. The number of rotatable bonds is 6. The summed E-state index contributed by atoms with van der Waals surface area (Å²) in [6.07, 6.45) is 1.66. The molecular formula is C26H19FN2O3. The van der Waals surface area contributed by atoms with Crippen LogP contribution in [0.4, 0.5) is 4.39 Å². The Morgan fingerprint density at radius 3 is 2.56 bits per heavy atom. The highest BCUT2D eigenvalue weighted by atomic mass is 19.1. The van der Waals surface area contributed by atoms with Crippen LogP contribution in [0.1, 0.15) is 21.5 Å². The Labute approximate surface area is 184 Å². The molecule has 32 heavy (non-hydrogen) atoms. The molecule has 0 atom stereocenters. The molecule has 0 heterocycles. The van der Waals surface area contributed by atoms with Gasteiger partial charge in [0, 0.05) is 0 Å². The maximum Gasteiger partial charge on any atom is 0.343 e. The zero-order valence-electron chi connectivity index (χ0n) is 17.0. The molecule has 1 N–H and O–H groups in total. The predicted octanol–water partition coefficient (Wildman–Crippen LogP) is 4.89. The van der Waals surface area contributed by atoms with E-state index in [2.05, 4.69) is 10.5 Å². The van der Waals surface area contributed by atoms with Gasteiger partial charge in [-0.1, -0.05) is 60.7 Å². The summed E-state index contributed by atoms with van der Waals surface area (Å²) in [7, 11) is 0. The van der Waals surface area contributed by atoms with E-state index < -0.39 is 11.8 Å². The molecule has 0 fully saturated rings. The lowest BCUT2D eigenvalue weighted by molar-refractivity contribution is -0.120. The van der Waals surface area contributed by atoms with Crippen LogP contribution in [0.15, 0.2) is 96.1 Å². The van der Waals surface area contributed by atoms with Crippen molar-refractivity contribution in [2.75, 3.05) is 0 Å². The summed E-state index contributed by atoms with van der Waals surface area (Å²) in [4.78, 5) is 24.5. The first kappa shape index (κ1) is 20.9. The highest BCUT2D eigenvalue weighted by molar-refractivity contribution is 5.92. The summed E-state index contributed by atoms with van der Waals surface area (Å²) in [6, 6.07) is 25.6. The van der Waals surface area contributed by atoms with Crippen LogP contribution in [0.3, 0.4) is 0 Å². The third-order valence-corrected chi connectivity index (χ3v) is 4.76. The highest BCUT2D eigenvalue weighted by Crippen LogP contribution is 2.19. The third-order valence-electron chi connectivity index (χ3n) is 4.76. The molecule has 6 heteroatoms. The molecule has 0 saturated carbocycles. The maximum absolute atomic E-state index is 13.3. The van der Waals surface area contributed by atoms with Gasteiger partial charge in [0.25, 0.3) is 0 Å². The van der Waals surface area contributed by atoms with Crippen LogP contribution in [0.25, 0.3) is 10.8 Å². The predicted molar refractivity (Wildman–Crippen MR) is 121 cm³/mol. The van der Waals surface area contributed by atoms with Crippen molar-refractivity contribution < 1.29 is 18.7 Å². The molecule has 0 radical (unpaired) electrons. The van der Waals surface area contributed by atoms with E-state index in [9.17, 15) is 14.0 Å². The van der Waals surface area contributed by atoms with Gasteiger partial charge in [-0.05, 0) is 52.2 Å². The lowest BCUT2D eigenvalue weighted by atomic mass is 10.0. The molecule has 158 valence electrons. The van der Waals surface area contributed by atoms with Gasteiger partial charge >= 0.3 is 5.97 Å². The number of fused-ring (bicyclic) bond motifs is 1. The van der Waals surface area contributed by atoms with Gasteiger partial charge in [-0.3, -0.25) is 4.79 Å². The van der Waals surface area contributed by atoms with Crippen LogP contribution in [0.2, 0.25) is 0 Å². The second kappa shape index (κ2) is 9.66. The molecule has 0 bridgehead atoms. The van der Waals surface area contributed by atoms with Crippen LogP contribution in [-0.4, -0.2) is 18.1 Å². The lowest BCUT2D eigenvalue weighted by Crippen LogP contribution is -2.19. The number of nitrogens with one attached hydrogen (secondary N) is 1. The van der Waals surface area contributed by atoms with Crippen LogP contribution in [-0.2, 0) is 11.2 Å². The summed E-state index contributed by atoms with van der Waals surface area (Å²) in [6.45, 7) is 0. The first-order chi connectivity index (χ1) is 15.6. The molecule has 5 nitrogen and oxygen atoms in total. The van der Waals surface area contributed by atoms with Gasteiger partial charge in [0.1, 0.15) is 11.6 Å². The number of benzene rings is 4. The van der Waals surface area contributed by atoms with E-state index in [1.807, 2.05) is 42.5 Å². The van der Waals surface area contributed by atoms with Crippen molar-refractivity contribution in [1.82, 2.24) is 5.43 Å².